The first-order valence-electron chi connectivity index (χ1n) is 13.0. The highest BCUT2D eigenvalue weighted by Gasteiger charge is 2.24. The molecular formula is C30H26N8O. The van der Waals surface area contributed by atoms with Crippen molar-refractivity contribution in [3.8, 4) is 23.4 Å². The van der Waals surface area contributed by atoms with Crippen molar-refractivity contribution >= 4 is 22.5 Å². The molecule has 0 amide bonds. The van der Waals surface area contributed by atoms with E-state index in [1.54, 1.807) is 24.7 Å². The molecule has 0 bridgehead atoms. The fourth-order valence-electron chi connectivity index (χ4n) is 5.11. The first-order valence-corrected chi connectivity index (χ1v) is 13.0. The number of hydrogen-bond acceptors (Lipinski definition) is 8. The smallest absolute Gasteiger partial charge is 0.226 e. The van der Waals surface area contributed by atoms with Gasteiger partial charge in [0.05, 0.1) is 24.4 Å². The minimum absolute atomic E-state index is 0.248. The molecule has 5 heterocycles. The van der Waals surface area contributed by atoms with E-state index in [0.717, 1.165) is 49.3 Å². The van der Waals surface area contributed by atoms with Crippen molar-refractivity contribution in [3.63, 3.8) is 0 Å². The van der Waals surface area contributed by atoms with Gasteiger partial charge in [0.25, 0.3) is 0 Å². The van der Waals surface area contributed by atoms with Gasteiger partial charge in [-0.25, -0.2) is 19.9 Å². The average molecular weight is 515 g/mol. The number of morpholine rings is 1. The van der Waals surface area contributed by atoms with Crippen LogP contribution in [0.25, 0.3) is 22.4 Å². The van der Waals surface area contributed by atoms with Gasteiger partial charge in [-0.3, -0.25) is 5.10 Å². The minimum Gasteiger partial charge on any atom is -0.375 e. The van der Waals surface area contributed by atoms with Crippen LogP contribution in [0, 0.1) is 11.8 Å². The number of ether oxygens (including phenoxy) is 1. The first kappa shape index (κ1) is 23.3. The second kappa shape index (κ2) is 9.82. The largest absolute Gasteiger partial charge is 0.375 e. The molecule has 7 rings (SSSR count). The molecule has 1 atom stereocenters. The van der Waals surface area contributed by atoms with Gasteiger partial charge in [0.2, 0.25) is 5.95 Å². The average Bonchev–Trinajstić information content (AvgIpc) is 3.63. The molecule has 1 fully saturated rings. The lowest BCUT2D eigenvalue weighted by Gasteiger charge is -2.33. The SMILES string of the molecule is CC1CN(c2ccc3c(c2)CN(c2nccc(-c4nccc(C#Cc5ccc6[nH]ncc6c5)n4)n2)C3)CCO1. The third-order valence-corrected chi connectivity index (χ3v) is 7.10. The lowest BCUT2D eigenvalue weighted by molar-refractivity contribution is 0.0532. The van der Waals surface area contributed by atoms with Crippen molar-refractivity contribution in [1.29, 1.82) is 0 Å². The first-order chi connectivity index (χ1) is 19.2. The maximum atomic E-state index is 5.71. The van der Waals surface area contributed by atoms with Crippen LogP contribution in [0.3, 0.4) is 0 Å². The van der Waals surface area contributed by atoms with Crippen LogP contribution in [-0.4, -0.2) is 55.9 Å². The van der Waals surface area contributed by atoms with Gasteiger partial charge in [0, 0.05) is 55.2 Å². The van der Waals surface area contributed by atoms with Crippen LogP contribution in [0.5, 0.6) is 0 Å². The number of aromatic amines is 1. The molecule has 9 heteroatoms. The third kappa shape index (κ3) is 4.78. The van der Waals surface area contributed by atoms with Crippen molar-refractivity contribution in [2.75, 3.05) is 29.5 Å². The summed E-state index contributed by atoms with van der Waals surface area (Å²) in [5.74, 6) is 7.52. The quantitative estimate of drug-likeness (QED) is 0.362. The summed E-state index contributed by atoms with van der Waals surface area (Å²) in [6, 6.07) is 16.3. The molecule has 2 aromatic carbocycles. The zero-order valence-corrected chi connectivity index (χ0v) is 21.5. The van der Waals surface area contributed by atoms with Crippen LogP contribution < -0.4 is 9.80 Å². The molecule has 1 N–H and O–H groups in total. The molecule has 0 radical (unpaired) electrons. The number of fused-ring (bicyclic) bond motifs is 2. The Morgan fingerprint density at radius 2 is 1.85 bits per heavy atom. The minimum atomic E-state index is 0.248. The highest BCUT2D eigenvalue weighted by atomic mass is 16.5. The zero-order valence-electron chi connectivity index (χ0n) is 21.5. The standard InChI is InChI=1S/C30H26N8O/c1-20-17-37(12-13-39-20)26-6-4-22-18-38(19-24(22)15-26)30-32-11-9-28(35-30)29-31-10-8-25(34-29)5-2-21-3-7-27-23(14-21)16-33-36-27/h3-4,6-11,14-16,20H,12-13,17-19H2,1H3,(H,33,36). The lowest BCUT2D eigenvalue weighted by Crippen LogP contribution is -2.41. The van der Waals surface area contributed by atoms with Gasteiger partial charge in [0.1, 0.15) is 11.4 Å². The summed E-state index contributed by atoms with van der Waals surface area (Å²) in [6.07, 6.45) is 5.52. The molecule has 3 aromatic heterocycles. The van der Waals surface area contributed by atoms with E-state index < -0.39 is 0 Å². The molecule has 5 aromatic rings. The second-order valence-electron chi connectivity index (χ2n) is 9.87. The second-order valence-corrected chi connectivity index (χ2v) is 9.87. The van der Waals surface area contributed by atoms with Crippen LogP contribution in [0.4, 0.5) is 11.6 Å². The Morgan fingerprint density at radius 1 is 0.923 bits per heavy atom. The van der Waals surface area contributed by atoms with Crippen molar-refractivity contribution in [3.05, 3.63) is 89.5 Å². The van der Waals surface area contributed by atoms with E-state index in [-0.39, 0.29) is 6.10 Å². The number of nitrogens with zero attached hydrogens (tertiary/aromatic N) is 7. The molecule has 9 nitrogen and oxygen atoms in total. The van der Waals surface area contributed by atoms with Gasteiger partial charge in [0.15, 0.2) is 5.82 Å². The molecule has 39 heavy (non-hydrogen) atoms. The van der Waals surface area contributed by atoms with E-state index in [1.165, 1.54) is 16.8 Å². The van der Waals surface area contributed by atoms with E-state index in [1.807, 2.05) is 24.3 Å². The monoisotopic (exact) mass is 514 g/mol. The van der Waals surface area contributed by atoms with E-state index in [2.05, 4.69) is 71.9 Å². The number of benzene rings is 2. The molecule has 2 aliphatic heterocycles. The molecule has 1 saturated heterocycles. The summed E-state index contributed by atoms with van der Waals surface area (Å²) < 4.78 is 5.71. The number of hydrogen-bond donors (Lipinski definition) is 1. The molecule has 0 saturated carbocycles. The normalized spacial score (nSPS) is 16.7. The molecule has 0 aliphatic carbocycles. The predicted octanol–water partition coefficient (Wildman–Crippen LogP) is 3.96. The highest BCUT2D eigenvalue weighted by molar-refractivity contribution is 5.79. The molecule has 192 valence electrons. The fourth-order valence-corrected chi connectivity index (χ4v) is 5.11. The third-order valence-electron chi connectivity index (χ3n) is 7.10. The van der Waals surface area contributed by atoms with Gasteiger partial charge in [-0.15, -0.1) is 0 Å². The number of anilines is 2. The summed E-state index contributed by atoms with van der Waals surface area (Å²) in [6.45, 7) is 6.25. The van der Waals surface area contributed by atoms with E-state index >= 15 is 0 Å². The van der Waals surface area contributed by atoms with Crippen LogP contribution >= 0.6 is 0 Å². The lowest BCUT2D eigenvalue weighted by atomic mass is 10.1. The molecule has 0 spiro atoms. The Morgan fingerprint density at radius 3 is 2.79 bits per heavy atom. The van der Waals surface area contributed by atoms with Crippen molar-refractivity contribution in [2.24, 2.45) is 0 Å². The fraction of sp³-hybridized carbons (Fsp3) is 0.233. The van der Waals surface area contributed by atoms with Crippen LogP contribution in [0.15, 0.2) is 67.1 Å². The summed E-state index contributed by atoms with van der Waals surface area (Å²) in [7, 11) is 0. The number of rotatable bonds is 3. The maximum absolute atomic E-state index is 5.71. The van der Waals surface area contributed by atoms with Gasteiger partial charge in [-0.05, 0) is 66.4 Å². The summed E-state index contributed by atoms with van der Waals surface area (Å²) in [5, 5.41) is 8.04. The highest BCUT2D eigenvalue weighted by Crippen LogP contribution is 2.30. The van der Waals surface area contributed by atoms with Crippen molar-refractivity contribution in [2.45, 2.75) is 26.1 Å². The summed E-state index contributed by atoms with van der Waals surface area (Å²) >= 11 is 0. The molecule has 2 aliphatic rings. The predicted molar refractivity (Wildman–Crippen MR) is 149 cm³/mol. The topological polar surface area (TPSA) is 96.0 Å². The van der Waals surface area contributed by atoms with Gasteiger partial charge < -0.3 is 14.5 Å². The Balaban J connectivity index is 1.10. The van der Waals surface area contributed by atoms with Crippen LogP contribution in [0.1, 0.15) is 29.3 Å². The van der Waals surface area contributed by atoms with Crippen LogP contribution in [-0.2, 0) is 17.8 Å². The van der Waals surface area contributed by atoms with Crippen LogP contribution in [0.2, 0.25) is 0 Å². The Bertz CT molecular complexity index is 1740. The summed E-state index contributed by atoms with van der Waals surface area (Å²) in [5.41, 5.74) is 7.04. The molecular weight excluding hydrogens is 488 g/mol. The number of nitrogens with one attached hydrogen (secondary N) is 1. The Kier molecular flexibility index (Phi) is 5.87. The maximum Gasteiger partial charge on any atom is 0.226 e. The van der Waals surface area contributed by atoms with Gasteiger partial charge >= 0.3 is 0 Å². The van der Waals surface area contributed by atoms with Crippen molar-refractivity contribution in [1.82, 2.24) is 30.1 Å². The van der Waals surface area contributed by atoms with Gasteiger partial charge in [-0.2, -0.15) is 5.10 Å². The number of aromatic nitrogens is 6. The Labute approximate surface area is 225 Å². The van der Waals surface area contributed by atoms with E-state index in [4.69, 9.17) is 9.72 Å². The van der Waals surface area contributed by atoms with Crippen molar-refractivity contribution < 1.29 is 4.74 Å². The van der Waals surface area contributed by atoms with Gasteiger partial charge in [-0.1, -0.05) is 12.0 Å². The van der Waals surface area contributed by atoms with E-state index in [0.29, 0.717) is 23.2 Å². The number of H-pyrrole nitrogens is 1. The molecule has 1 unspecified atom stereocenters. The van der Waals surface area contributed by atoms with E-state index in [9.17, 15) is 0 Å². The Hall–Kier alpha value is -4.81. The zero-order chi connectivity index (χ0) is 26.2. The summed E-state index contributed by atoms with van der Waals surface area (Å²) in [4.78, 5) is 23.1.